The van der Waals surface area contributed by atoms with Crippen LogP contribution in [0.2, 0.25) is 0 Å². The maximum absolute atomic E-state index is 12.1. The van der Waals surface area contributed by atoms with Crippen molar-refractivity contribution < 1.29 is 4.79 Å². The van der Waals surface area contributed by atoms with Crippen LogP contribution in [0, 0.1) is 0 Å². The van der Waals surface area contributed by atoms with Gasteiger partial charge in [0.05, 0.1) is 5.54 Å². The summed E-state index contributed by atoms with van der Waals surface area (Å²) in [5.74, 6) is 0.107. The van der Waals surface area contributed by atoms with Gasteiger partial charge in [0.2, 0.25) is 5.91 Å². The number of amides is 1. The first-order chi connectivity index (χ1) is 10.6. The van der Waals surface area contributed by atoms with Gasteiger partial charge < -0.3 is 15.5 Å². The Labute approximate surface area is 132 Å². The van der Waals surface area contributed by atoms with E-state index >= 15 is 0 Å². The smallest absolute Gasteiger partial charge is 0.242 e. The highest BCUT2D eigenvalue weighted by Gasteiger charge is 2.47. The van der Waals surface area contributed by atoms with E-state index in [1.54, 1.807) is 4.90 Å². The number of likely N-dealkylation sites (N-methyl/N-ethyl adjacent to an activating group) is 1. The summed E-state index contributed by atoms with van der Waals surface area (Å²) in [5.41, 5.74) is 6.73. The Balaban J connectivity index is 1.41. The van der Waals surface area contributed by atoms with Crippen molar-refractivity contribution in [2.24, 2.45) is 5.73 Å². The normalized spacial score (nSPS) is 20.7. The number of anilines is 1. The zero-order valence-electron chi connectivity index (χ0n) is 13.4. The summed E-state index contributed by atoms with van der Waals surface area (Å²) >= 11 is 0. The third-order valence-electron chi connectivity index (χ3n) is 4.81. The highest BCUT2D eigenvalue weighted by atomic mass is 16.2. The molecule has 1 aromatic rings. The molecule has 22 heavy (non-hydrogen) atoms. The maximum Gasteiger partial charge on any atom is 0.242 e. The maximum atomic E-state index is 12.1. The Bertz CT molecular complexity index is 507. The molecule has 0 aromatic heterocycles. The summed E-state index contributed by atoms with van der Waals surface area (Å²) in [5, 5.41) is 0. The van der Waals surface area contributed by atoms with Crippen molar-refractivity contribution >= 4 is 11.6 Å². The standard InChI is InChI=1S/C17H26N4O/c1-19(16(22)17(18)7-8-17)9-10-20-11-13-21(14-12-20)15-5-3-2-4-6-15/h2-6H,7-14,18H2,1H3. The first-order valence-corrected chi connectivity index (χ1v) is 8.15. The van der Waals surface area contributed by atoms with Gasteiger partial charge in [0, 0.05) is 52.0 Å². The van der Waals surface area contributed by atoms with Gasteiger partial charge in [0.15, 0.2) is 0 Å². The number of piperazine rings is 1. The van der Waals surface area contributed by atoms with Gasteiger partial charge in [-0.25, -0.2) is 0 Å². The highest BCUT2D eigenvalue weighted by Crippen LogP contribution is 2.33. The van der Waals surface area contributed by atoms with Crippen LogP contribution in [-0.2, 0) is 4.79 Å². The van der Waals surface area contributed by atoms with Crippen molar-refractivity contribution in [3.05, 3.63) is 30.3 Å². The molecule has 0 radical (unpaired) electrons. The largest absolute Gasteiger partial charge is 0.369 e. The van der Waals surface area contributed by atoms with E-state index in [2.05, 4.69) is 40.1 Å². The van der Waals surface area contributed by atoms with Gasteiger partial charge in [0.25, 0.3) is 0 Å². The number of nitrogens with zero attached hydrogens (tertiary/aromatic N) is 3. The SMILES string of the molecule is CN(CCN1CCN(c2ccccc2)CC1)C(=O)C1(N)CC1. The van der Waals surface area contributed by atoms with Crippen LogP contribution >= 0.6 is 0 Å². The monoisotopic (exact) mass is 302 g/mol. The fourth-order valence-corrected chi connectivity index (χ4v) is 2.99. The number of rotatable bonds is 5. The van der Waals surface area contributed by atoms with Crippen LogP contribution in [0.15, 0.2) is 30.3 Å². The van der Waals surface area contributed by atoms with E-state index in [9.17, 15) is 4.79 Å². The van der Waals surface area contributed by atoms with Gasteiger partial charge >= 0.3 is 0 Å². The Hall–Kier alpha value is -1.59. The van der Waals surface area contributed by atoms with Gasteiger partial charge in [-0.1, -0.05) is 18.2 Å². The zero-order valence-corrected chi connectivity index (χ0v) is 13.4. The summed E-state index contributed by atoms with van der Waals surface area (Å²) in [6.07, 6.45) is 1.68. The average Bonchev–Trinajstić information content (AvgIpc) is 3.32. The molecule has 0 atom stereocenters. The molecule has 3 rings (SSSR count). The van der Waals surface area contributed by atoms with Crippen molar-refractivity contribution in [2.75, 3.05) is 51.2 Å². The van der Waals surface area contributed by atoms with Crippen molar-refractivity contribution in [3.8, 4) is 0 Å². The molecule has 5 heteroatoms. The first-order valence-electron chi connectivity index (χ1n) is 8.15. The molecule has 2 N–H and O–H groups in total. The Kier molecular flexibility index (Phi) is 4.36. The van der Waals surface area contributed by atoms with Gasteiger partial charge in [-0.2, -0.15) is 0 Å². The molecule has 2 fully saturated rings. The molecule has 0 spiro atoms. The van der Waals surface area contributed by atoms with Crippen molar-refractivity contribution in [2.45, 2.75) is 18.4 Å². The second-order valence-corrected chi connectivity index (χ2v) is 6.55. The lowest BCUT2D eigenvalue weighted by molar-refractivity contribution is -0.132. The number of nitrogens with two attached hydrogens (primary N) is 1. The average molecular weight is 302 g/mol. The van der Waals surface area contributed by atoms with E-state index in [0.29, 0.717) is 0 Å². The molecule has 2 aliphatic rings. The van der Waals surface area contributed by atoms with Gasteiger partial charge in [-0.15, -0.1) is 0 Å². The fourth-order valence-electron chi connectivity index (χ4n) is 2.99. The lowest BCUT2D eigenvalue weighted by atomic mass is 10.2. The van der Waals surface area contributed by atoms with Crippen LogP contribution in [-0.4, -0.2) is 67.6 Å². The number of carbonyl (C=O) groups excluding carboxylic acids is 1. The van der Waals surface area contributed by atoms with Crippen molar-refractivity contribution in [1.82, 2.24) is 9.80 Å². The second-order valence-electron chi connectivity index (χ2n) is 6.55. The third kappa shape index (κ3) is 3.42. The minimum Gasteiger partial charge on any atom is -0.369 e. The Morgan fingerprint density at radius 3 is 2.41 bits per heavy atom. The topological polar surface area (TPSA) is 52.8 Å². The lowest BCUT2D eigenvalue weighted by Crippen LogP contribution is -2.50. The molecule has 1 saturated carbocycles. The van der Waals surface area contributed by atoms with Crippen LogP contribution in [0.25, 0.3) is 0 Å². The second kappa shape index (κ2) is 6.26. The summed E-state index contributed by atoms with van der Waals surface area (Å²) in [7, 11) is 1.87. The van der Waals surface area contributed by atoms with E-state index in [0.717, 1.165) is 52.1 Å². The molecule has 5 nitrogen and oxygen atoms in total. The van der Waals surface area contributed by atoms with Crippen LogP contribution in [0.1, 0.15) is 12.8 Å². The minimum absolute atomic E-state index is 0.107. The quantitative estimate of drug-likeness (QED) is 0.872. The van der Waals surface area contributed by atoms with Gasteiger partial charge in [0.1, 0.15) is 0 Å². The molecule has 0 bridgehead atoms. The summed E-state index contributed by atoms with van der Waals surface area (Å²) in [4.78, 5) is 18.8. The van der Waals surface area contributed by atoms with Gasteiger partial charge in [-0.3, -0.25) is 9.69 Å². The molecular weight excluding hydrogens is 276 g/mol. The predicted octanol–water partition coefficient (Wildman–Crippen LogP) is 0.758. The number of hydrogen-bond acceptors (Lipinski definition) is 4. The summed E-state index contributed by atoms with van der Waals surface area (Å²) in [6, 6.07) is 10.6. The van der Waals surface area contributed by atoms with E-state index in [1.807, 2.05) is 7.05 Å². The summed E-state index contributed by atoms with van der Waals surface area (Å²) in [6.45, 7) is 5.88. The van der Waals surface area contributed by atoms with Crippen LogP contribution in [0.3, 0.4) is 0 Å². The Morgan fingerprint density at radius 1 is 1.18 bits per heavy atom. The molecule has 1 saturated heterocycles. The van der Waals surface area contributed by atoms with E-state index in [1.165, 1.54) is 5.69 Å². The minimum atomic E-state index is -0.541. The van der Waals surface area contributed by atoms with E-state index in [4.69, 9.17) is 5.73 Å². The molecule has 120 valence electrons. The molecule has 0 unspecified atom stereocenters. The van der Waals surface area contributed by atoms with Crippen LogP contribution < -0.4 is 10.6 Å². The molecule has 1 amide bonds. The number of para-hydroxylation sites is 1. The van der Waals surface area contributed by atoms with Crippen LogP contribution in [0.5, 0.6) is 0 Å². The van der Waals surface area contributed by atoms with Gasteiger partial charge in [-0.05, 0) is 25.0 Å². The van der Waals surface area contributed by atoms with E-state index in [-0.39, 0.29) is 5.91 Å². The van der Waals surface area contributed by atoms with Crippen molar-refractivity contribution in [3.63, 3.8) is 0 Å². The Morgan fingerprint density at radius 2 is 1.82 bits per heavy atom. The lowest BCUT2D eigenvalue weighted by Gasteiger charge is -2.36. The predicted molar refractivity (Wildman–Crippen MR) is 88.9 cm³/mol. The van der Waals surface area contributed by atoms with E-state index < -0.39 is 5.54 Å². The zero-order chi connectivity index (χ0) is 15.6. The molecule has 1 heterocycles. The molecule has 1 aliphatic carbocycles. The molecule has 1 aromatic carbocycles. The summed E-state index contributed by atoms with van der Waals surface area (Å²) < 4.78 is 0. The number of hydrogen-bond donors (Lipinski definition) is 1. The first kappa shape index (κ1) is 15.3. The molecule has 1 aliphatic heterocycles. The fraction of sp³-hybridized carbons (Fsp3) is 0.588. The number of carbonyl (C=O) groups is 1. The third-order valence-corrected chi connectivity index (χ3v) is 4.81. The number of benzene rings is 1. The van der Waals surface area contributed by atoms with Crippen molar-refractivity contribution in [1.29, 1.82) is 0 Å². The molecular formula is C17H26N4O. The highest BCUT2D eigenvalue weighted by molar-refractivity contribution is 5.88. The van der Waals surface area contributed by atoms with Crippen LogP contribution in [0.4, 0.5) is 5.69 Å².